The second-order valence-electron chi connectivity index (χ2n) is 12.8. The summed E-state index contributed by atoms with van der Waals surface area (Å²) < 4.78 is 0. The number of carbonyl (C=O) groups is 3. The minimum atomic E-state index is -0.967. The molecule has 11 nitrogen and oxygen atoms in total. The van der Waals surface area contributed by atoms with Crippen molar-refractivity contribution in [1.29, 1.82) is 0 Å². The Bertz CT molecular complexity index is 1710. The second kappa shape index (κ2) is 21.0. The summed E-state index contributed by atoms with van der Waals surface area (Å²) >= 11 is 0. The quantitative estimate of drug-likeness (QED) is 0.0415. The lowest BCUT2D eigenvalue weighted by Crippen LogP contribution is -2.56. The zero-order valence-corrected chi connectivity index (χ0v) is 29.7. The van der Waals surface area contributed by atoms with Crippen LogP contribution < -0.4 is 38.9 Å². The highest BCUT2D eigenvalue weighted by Gasteiger charge is 2.28. The number of aryl methyl sites for hydroxylation is 1. The van der Waals surface area contributed by atoms with Crippen LogP contribution in [0.4, 0.5) is 0 Å². The summed E-state index contributed by atoms with van der Waals surface area (Å²) in [5.41, 5.74) is 29.2. The van der Waals surface area contributed by atoms with Crippen molar-refractivity contribution < 1.29 is 14.4 Å². The van der Waals surface area contributed by atoms with Crippen LogP contribution in [0.1, 0.15) is 43.2 Å². The molecule has 0 saturated heterocycles. The van der Waals surface area contributed by atoms with Crippen molar-refractivity contribution in [3.05, 3.63) is 120 Å². The van der Waals surface area contributed by atoms with Gasteiger partial charge >= 0.3 is 0 Å². The molecule has 3 atom stereocenters. The highest BCUT2D eigenvalue weighted by molar-refractivity contribution is 5.93. The van der Waals surface area contributed by atoms with E-state index >= 15 is 0 Å². The Hall–Kier alpha value is -5.52. The molecule has 0 aromatic heterocycles. The molecule has 11 heteroatoms. The number of carbonyl (C=O) groups excluding carboxylic acids is 3. The van der Waals surface area contributed by atoms with E-state index in [1.807, 2.05) is 84.9 Å². The number of benzene rings is 4. The van der Waals surface area contributed by atoms with Crippen molar-refractivity contribution >= 4 is 23.7 Å². The number of hydrogen-bond acceptors (Lipinski definition) is 6. The number of nitrogens with two attached hydrogens (primary N) is 4. The van der Waals surface area contributed by atoms with Gasteiger partial charge in [0, 0.05) is 19.5 Å². The van der Waals surface area contributed by atoms with Crippen molar-refractivity contribution in [2.24, 2.45) is 27.9 Å². The summed E-state index contributed by atoms with van der Waals surface area (Å²) in [6.45, 7) is 1.22. The van der Waals surface area contributed by atoms with E-state index in [0.29, 0.717) is 38.8 Å². The van der Waals surface area contributed by atoms with Gasteiger partial charge in [0.15, 0.2) is 5.96 Å². The smallest absolute Gasteiger partial charge is 0.243 e. The second-order valence-corrected chi connectivity index (χ2v) is 12.8. The molecule has 0 spiro atoms. The van der Waals surface area contributed by atoms with Crippen LogP contribution in [-0.4, -0.2) is 61.4 Å². The molecular weight excluding hydrogens is 653 g/mol. The Morgan fingerprint density at radius 2 is 1.13 bits per heavy atom. The van der Waals surface area contributed by atoms with Gasteiger partial charge in [-0.15, -0.1) is 0 Å². The largest absolute Gasteiger partial charge is 0.370 e. The summed E-state index contributed by atoms with van der Waals surface area (Å²) in [5.74, 6) is -1.33. The van der Waals surface area contributed by atoms with Crippen LogP contribution in [0.2, 0.25) is 0 Å². The minimum Gasteiger partial charge on any atom is -0.370 e. The molecule has 0 radical (unpaired) electrons. The number of guanidine groups is 1. The van der Waals surface area contributed by atoms with Crippen molar-refractivity contribution in [3.63, 3.8) is 0 Å². The number of hydrogen-bond donors (Lipinski definition) is 7. The third-order valence-electron chi connectivity index (χ3n) is 8.78. The highest BCUT2D eigenvalue weighted by Crippen LogP contribution is 2.21. The first-order chi connectivity index (χ1) is 25.2. The molecular formula is C41H52N8O3. The summed E-state index contributed by atoms with van der Waals surface area (Å²) in [7, 11) is 0. The topological polar surface area (TPSA) is 204 Å². The molecule has 4 aromatic carbocycles. The summed E-state index contributed by atoms with van der Waals surface area (Å²) in [6.07, 6.45) is 3.34. The van der Waals surface area contributed by atoms with Crippen LogP contribution in [-0.2, 0) is 27.2 Å². The average Bonchev–Trinajstić information content (AvgIpc) is 3.17. The van der Waals surface area contributed by atoms with E-state index < -0.39 is 29.9 Å². The van der Waals surface area contributed by atoms with E-state index in [2.05, 4.69) is 45.2 Å². The molecule has 0 aliphatic rings. The van der Waals surface area contributed by atoms with E-state index in [1.165, 1.54) is 0 Å². The summed E-state index contributed by atoms with van der Waals surface area (Å²) in [6, 6.07) is 33.4. The first kappa shape index (κ1) is 39.3. The number of amides is 3. The van der Waals surface area contributed by atoms with Gasteiger partial charge in [-0.2, -0.15) is 0 Å². The van der Waals surface area contributed by atoms with E-state index in [-0.39, 0.29) is 31.3 Å². The third-order valence-corrected chi connectivity index (χ3v) is 8.78. The van der Waals surface area contributed by atoms with Gasteiger partial charge in [-0.05, 0) is 78.5 Å². The van der Waals surface area contributed by atoms with E-state index in [0.717, 1.165) is 39.8 Å². The van der Waals surface area contributed by atoms with Crippen molar-refractivity contribution in [3.8, 4) is 22.3 Å². The number of unbranched alkanes of at least 4 members (excludes halogenated alkanes) is 1. The fourth-order valence-corrected chi connectivity index (χ4v) is 5.78. The Balaban J connectivity index is 1.42. The van der Waals surface area contributed by atoms with Crippen LogP contribution in [0.5, 0.6) is 0 Å². The van der Waals surface area contributed by atoms with Crippen molar-refractivity contribution in [2.75, 3.05) is 19.6 Å². The van der Waals surface area contributed by atoms with Gasteiger partial charge in [-0.1, -0.05) is 109 Å². The third kappa shape index (κ3) is 13.0. The molecule has 3 amide bonds. The lowest BCUT2D eigenvalue weighted by atomic mass is 9.99. The van der Waals surface area contributed by atoms with E-state index in [9.17, 15) is 14.4 Å². The Labute approximate surface area is 306 Å². The lowest BCUT2D eigenvalue weighted by Gasteiger charge is -2.24. The maximum absolute atomic E-state index is 13.8. The van der Waals surface area contributed by atoms with Crippen LogP contribution in [0, 0.1) is 0 Å². The van der Waals surface area contributed by atoms with Gasteiger partial charge in [-0.3, -0.25) is 19.4 Å². The van der Waals surface area contributed by atoms with Crippen LogP contribution in [0.25, 0.3) is 22.3 Å². The minimum absolute atomic E-state index is 0.0616. The first-order valence-electron chi connectivity index (χ1n) is 17.9. The number of rotatable bonds is 20. The Morgan fingerprint density at radius 1 is 0.596 bits per heavy atom. The highest BCUT2D eigenvalue weighted by atomic mass is 16.2. The molecule has 0 bridgehead atoms. The van der Waals surface area contributed by atoms with Crippen LogP contribution in [0.15, 0.2) is 114 Å². The maximum Gasteiger partial charge on any atom is 0.243 e. The lowest BCUT2D eigenvalue weighted by molar-refractivity contribution is -0.132. The number of nitrogens with one attached hydrogen (secondary N) is 3. The van der Waals surface area contributed by atoms with E-state index in [1.54, 1.807) is 0 Å². The summed E-state index contributed by atoms with van der Waals surface area (Å²) in [4.78, 5) is 44.6. The fourth-order valence-electron chi connectivity index (χ4n) is 5.78. The van der Waals surface area contributed by atoms with Gasteiger partial charge in [0.2, 0.25) is 17.7 Å². The molecule has 0 aliphatic heterocycles. The van der Waals surface area contributed by atoms with Gasteiger partial charge in [-0.25, -0.2) is 0 Å². The predicted molar refractivity (Wildman–Crippen MR) is 209 cm³/mol. The van der Waals surface area contributed by atoms with Crippen molar-refractivity contribution in [1.82, 2.24) is 16.0 Å². The zero-order valence-electron chi connectivity index (χ0n) is 29.7. The van der Waals surface area contributed by atoms with Crippen LogP contribution in [0.3, 0.4) is 0 Å². The fraction of sp³-hybridized carbons (Fsp3) is 0.317. The standard InChI is InChI=1S/C41H52N8O3/c42-25-7-8-26-46-39(51)37(28-30-17-22-34(23-18-30)32-12-5-2-6-13-32)49-40(52)36(14-9-27-47-41(44)45)48-38(50)35(43)24-19-29-15-20-33(21-16-29)31-10-3-1-4-11-31/h1-6,10-13,15-18,20-23,35-37H,7-9,14,19,24-28,42-43H2,(H,46,51)(H,48,50)(H,49,52)(H4,44,45,47). The molecule has 11 N–H and O–H groups in total. The molecule has 4 aromatic rings. The van der Waals surface area contributed by atoms with Gasteiger partial charge in [0.25, 0.3) is 0 Å². The molecule has 274 valence electrons. The number of nitrogens with zero attached hydrogens (tertiary/aromatic N) is 1. The number of aliphatic imine (C=N–C) groups is 1. The van der Waals surface area contributed by atoms with E-state index in [4.69, 9.17) is 22.9 Å². The molecule has 0 saturated carbocycles. The molecule has 3 unspecified atom stereocenters. The summed E-state index contributed by atoms with van der Waals surface area (Å²) in [5, 5.41) is 8.67. The van der Waals surface area contributed by atoms with Crippen LogP contribution >= 0.6 is 0 Å². The molecule has 4 rings (SSSR count). The molecule has 0 fully saturated rings. The Kier molecular flexibility index (Phi) is 15.8. The predicted octanol–water partition coefficient (Wildman–Crippen LogP) is 3.40. The molecule has 0 aliphatic carbocycles. The van der Waals surface area contributed by atoms with Gasteiger partial charge in [0.05, 0.1) is 6.04 Å². The normalized spacial score (nSPS) is 12.6. The van der Waals surface area contributed by atoms with Gasteiger partial charge in [0.1, 0.15) is 12.1 Å². The SMILES string of the molecule is NCCCCNC(=O)C(Cc1ccc(-c2ccccc2)cc1)NC(=O)C(CCCN=C(N)N)NC(=O)C(N)CCc1ccc(-c2ccccc2)cc1. The maximum atomic E-state index is 13.8. The molecule has 52 heavy (non-hydrogen) atoms. The zero-order chi connectivity index (χ0) is 37.1. The Morgan fingerprint density at radius 3 is 1.69 bits per heavy atom. The first-order valence-corrected chi connectivity index (χ1v) is 17.9. The average molecular weight is 705 g/mol. The van der Waals surface area contributed by atoms with Gasteiger partial charge < -0.3 is 38.9 Å². The van der Waals surface area contributed by atoms with Crippen molar-refractivity contribution in [2.45, 2.75) is 63.1 Å². The monoisotopic (exact) mass is 704 g/mol. The molecule has 0 heterocycles.